The van der Waals surface area contributed by atoms with Gasteiger partial charge in [0, 0.05) is 11.3 Å². The Kier molecular flexibility index (Phi) is 4.08. The minimum atomic E-state index is -0.388. The van der Waals surface area contributed by atoms with Crippen LogP contribution in [0.2, 0.25) is 0 Å². The number of rotatable bonds is 4. The lowest BCUT2D eigenvalue weighted by atomic mass is 10.1. The molecule has 2 aromatic carbocycles. The van der Waals surface area contributed by atoms with Gasteiger partial charge < -0.3 is 11.1 Å². The molecule has 0 saturated heterocycles. The van der Waals surface area contributed by atoms with E-state index in [9.17, 15) is 9.18 Å². The molecule has 0 aliphatic rings. The summed E-state index contributed by atoms with van der Waals surface area (Å²) in [6.45, 7) is 2.00. The zero-order valence-electron chi connectivity index (χ0n) is 12.3. The molecule has 0 aliphatic heterocycles. The van der Waals surface area contributed by atoms with E-state index in [1.807, 2.05) is 31.2 Å². The molecule has 0 aliphatic carbocycles. The Labute approximate surface area is 136 Å². The summed E-state index contributed by atoms with van der Waals surface area (Å²) >= 11 is 1.18. The first-order valence-corrected chi connectivity index (χ1v) is 7.75. The van der Waals surface area contributed by atoms with Crippen LogP contribution in [0.3, 0.4) is 0 Å². The van der Waals surface area contributed by atoms with Gasteiger partial charge in [-0.15, -0.1) is 0 Å². The van der Waals surface area contributed by atoms with E-state index >= 15 is 0 Å². The fourth-order valence-corrected chi connectivity index (χ4v) is 2.91. The van der Waals surface area contributed by atoms with Gasteiger partial charge in [-0.2, -0.15) is 0 Å². The van der Waals surface area contributed by atoms with Crippen molar-refractivity contribution in [1.29, 1.82) is 0 Å². The van der Waals surface area contributed by atoms with Crippen molar-refractivity contribution in [3.8, 4) is 0 Å². The Morgan fingerprint density at radius 2 is 1.78 bits per heavy atom. The van der Waals surface area contributed by atoms with Crippen molar-refractivity contribution in [3.63, 3.8) is 0 Å². The molecule has 3 rings (SSSR count). The van der Waals surface area contributed by atoms with Crippen molar-refractivity contribution in [2.24, 2.45) is 0 Å². The molecule has 23 heavy (non-hydrogen) atoms. The summed E-state index contributed by atoms with van der Waals surface area (Å²) in [7, 11) is 0. The topological polar surface area (TPSA) is 68.0 Å². The lowest BCUT2D eigenvalue weighted by Gasteiger charge is -2.02. The Hall–Kier alpha value is -2.73. The molecule has 0 fully saturated rings. The molecule has 6 heteroatoms. The van der Waals surface area contributed by atoms with Crippen molar-refractivity contribution in [3.05, 3.63) is 70.4 Å². The summed E-state index contributed by atoms with van der Waals surface area (Å²) in [4.78, 5) is 17.0. The van der Waals surface area contributed by atoms with Gasteiger partial charge in [0.25, 0.3) is 0 Å². The normalized spacial score (nSPS) is 10.5. The van der Waals surface area contributed by atoms with Crippen LogP contribution in [0.15, 0.2) is 48.5 Å². The highest BCUT2D eigenvalue weighted by Crippen LogP contribution is 2.29. The predicted octanol–water partition coefficient (Wildman–Crippen LogP) is 4.15. The van der Waals surface area contributed by atoms with Gasteiger partial charge in [0.2, 0.25) is 5.78 Å². The van der Waals surface area contributed by atoms with Gasteiger partial charge in [-0.3, -0.25) is 4.79 Å². The van der Waals surface area contributed by atoms with Crippen LogP contribution in [0.5, 0.6) is 0 Å². The van der Waals surface area contributed by atoms with E-state index in [0.717, 1.165) is 11.3 Å². The van der Waals surface area contributed by atoms with Crippen molar-refractivity contribution in [2.45, 2.75) is 6.92 Å². The van der Waals surface area contributed by atoms with Crippen LogP contribution in [0.4, 0.5) is 21.0 Å². The second-order valence-electron chi connectivity index (χ2n) is 5.06. The van der Waals surface area contributed by atoms with Crippen molar-refractivity contribution >= 4 is 33.8 Å². The van der Waals surface area contributed by atoms with Crippen molar-refractivity contribution in [2.75, 3.05) is 11.1 Å². The Balaban J connectivity index is 1.84. The van der Waals surface area contributed by atoms with Gasteiger partial charge in [-0.1, -0.05) is 29.0 Å². The predicted molar refractivity (Wildman–Crippen MR) is 90.8 cm³/mol. The average Bonchev–Trinajstić information content (AvgIpc) is 2.90. The number of ketones is 1. The smallest absolute Gasteiger partial charge is 0.206 e. The maximum atomic E-state index is 13.0. The van der Waals surface area contributed by atoms with Crippen molar-refractivity contribution < 1.29 is 9.18 Å². The summed E-state index contributed by atoms with van der Waals surface area (Å²) in [6, 6.07) is 13.2. The number of halogens is 1. The first kappa shape index (κ1) is 15.2. The van der Waals surface area contributed by atoms with Gasteiger partial charge in [-0.25, -0.2) is 9.37 Å². The van der Waals surface area contributed by atoms with Gasteiger partial charge in [0.15, 0.2) is 5.13 Å². The highest BCUT2D eigenvalue weighted by atomic mass is 32.1. The first-order chi connectivity index (χ1) is 11.0. The number of benzene rings is 2. The molecule has 1 aromatic heterocycles. The number of anilines is 3. The number of thiazole rings is 1. The van der Waals surface area contributed by atoms with E-state index in [-0.39, 0.29) is 17.4 Å². The summed E-state index contributed by atoms with van der Waals surface area (Å²) in [5.74, 6) is -0.489. The molecule has 0 amide bonds. The summed E-state index contributed by atoms with van der Waals surface area (Å²) in [5, 5.41) is 3.66. The molecule has 0 bridgehead atoms. The zero-order chi connectivity index (χ0) is 16.4. The van der Waals surface area contributed by atoms with Crippen molar-refractivity contribution in [1.82, 2.24) is 4.98 Å². The van der Waals surface area contributed by atoms with Gasteiger partial charge in [0.1, 0.15) is 16.5 Å². The summed E-state index contributed by atoms with van der Waals surface area (Å²) < 4.78 is 13.0. The maximum absolute atomic E-state index is 13.0. The highest BCUT2D eigenvalue weighted by Gasteiger charge is 2.18. The fraction of sp³-hybridized carbons (Fsp3) is 0.0588. The number of carbonyl (C=O) groups is 1. The Morgan fingerprint density at radius 1 is 1.13 bits per heavy atom. The third-order valence-electron chi connectivity index (χ3n) is 3.27. The fourth-order valence-electron chi connectivity index (χ4n) is 2.04. The number of aryl methyl sites for hydroxylation is 1. The van der Waals surface area contributed by atoms with Gasteiger partial charge in [-0.05, 0) is 43.3 Å². The number of hydrogen-bond acceptors (Lipinski definition) is 5. The molecule has 116 valence electrons. The SMILES string of the molecule is Cc1ccc(Nc2nc(N)c(C(=O)c3ccc(F)cc3)s2)cc1. The second-order valence-corrected chi connectivity index (χ2v) is 6.06. The number of hydrogen-bond donors (Lipinski definition) is 2. The molecule has 0 spiro atoms. The third kappa shape index (κ3) is 3.37. The third-order valence-corrected chi connectivity index (χ3v) is 4.25. The number of carbonyl (C=O) groups excluding carboxylic acids is 1. The maximum Gasteiger partial charge on any atom is 0.206 e. The molecule has 4 nitrogen and oxygen atoms in total. The van der Waals surface area contributed by atoms with E-state index in [2.05, 4.69) is 10.3 Å². The molecule has 1 heterocycles. The number of aromatic nitrogens is 1. The lowest BCUT2D eigenvalue weighted by molar-refractivity contribution is 0.104. The van der Waals surface area contributed by atoms with Crippen LogP contribution < -0.4 is 11.1 Å². The van der Waals surface area contributed by atoms with E-state index in [1.54, 1.807) is 0 Å². The largest absolute Gasteiger partial charge is 0.382 e. The minimum Gasteiger partial charge on any atom is -0.382 e. The Bertz CT molecular complexity index is 841. The molecule has 0 saturated carbocycles. The van der Waals surface area contributed by atoms with E-state index in [1.165, 1.54) is 35.6 Å². The molecule has 0 unspecified atom stereocenters. The van der Waals surface area contributed by atoms with Crippen LogP contribution in [-0.4, -0.2) is 10.8 Å². The second kappa shape index (κ2) is 6.18. The summed E-state index contributed by atoms with van der Waals surface area (Å²) in [6.07, 6.45) is 0. The Morgan fingerprint density at radius 3 is 2.43 bits per heavy atom. The van der Waals surface area contributed by atoms with Crippen LogP contribution in [-0.2, 0) is 0 Å². The highest BCUT2D eigenvalue weighted by molar-refractivity contribution is 7.18. The number of nitrogen functional groups attached to an aromatic ring is 1. The van der Waals surface area contributed by atoms with Crippen LogP contribution in [0, 0.1) is 12.7 Å². The van der Waals surface area contributed by atoms with E-state index in [4.69, 9.17) is 5.73 Å². The van der Waals surface area contributed by atoms with Crippen LogP contribution >= 0.6 is 11.3 Å². The lowest BCUT2D eigenvalue weighted by Crippen LogP contribution is -2.02. The standard InChI is InChI=1S/C17H14FN3OS/c1-10-2-8-13(9-3-10)20-17-21-16(19)15(23-17)14(22)11-4-6-12(18)7-5-11/h2-9H,19H2,1H3,(H,20,21). The van der Waals surface area contributed by atoms with Gasteiger partial charge >= 0.3 is 0 Å². The zero-order valence-corrected chi connectivity index (χ0v) is 13.2. The first-order valence-electron chi connectivity index (χ1n) is 6.93. The summed E-state index contributed by atoms with van der Waals surface area (Å²) in [5.41, 5.74) is 8.25. The molecular formula is C17H14FN3OS. The number of nitrogens with two attached hydrogens (primary N) is 1. The average molecular weight is 327 g/mol. The van der Waals surface area contributed by atoms with Crippen LogP contribution in [0.1, 0.15) is 20.8 Å². The minimum absolute atomic E-state index is 0.166. The monoisotopic (exact) mass is 327 g/mol. The van der Waals surface area contributed by atoms with Gasteiger partial charge in [0.05, 0.1) is 0 Å². The van der Waals surface area contributed by atoms with E-state index in [0.29, 0.717) is 15.6 Å². The molecule has 3 N–H and O–H groups in total. The number of nitrogens with zero attached hydrogens (tertiary/aromatic N) is 1. The molecule has 0 radical (unpaired) electrons. The molecule has 0 atom stereocenters. The number of nitrogens with one attached hydrogen (secondary N) is 1. The molecular weight excluding hydrogens is 313 g/mol. The molecule has 3 aromatic rings. The van der Waals surface area contributed by atoms with E-state index < -0.39 is 0 Å². The quantitative estimate of drug-likeness (QED) is 0.707. The van der Waals surface area contributed by atoms with Crippen LogP contribution in [0.25, 0.3) is 0 Å².